The zero-order valence-corrected chi connectivity index (χ0v) is 13.4. The van der Waals surface area contributed by atoms with E-state index in [9.17, 15) is 0 Å². The molecule has 0 radical (unpaired) electrons. The van der Waals surface area contributed by atoms with Crippen molar-refractivity contribution in [1.29, 1.82) is 0 Å². The van der Waals surface area contributed by atoms with Crippen LogP contribution in [0.4, 0.5) is 0 Å². The summed E-state index contributed by atoms with van der Waals surface area (Å²) in [6, 6.07) is 0.851. The van der Waals surface area contributed by atoms with Gasteiger partial charge in [-0.3, -0.25) is 0 Å². The molecular formula is C14H26N4O2. The molecule has 0 aliphatic carbocycles. The lowest BCUT2D eigenvalue weighted by molar-refractivity contribution is 0.260. The van der Waals surface area contributed by atoms with Crippen molar-refractivity contribution in [3.8, 4) is 12.0 Å². The Bertz CT molecular complexity index is 396. The molecule has 0 saturated heterocycles. The molecule has 1 unspecified atom stereocenters. The molecule has 1 heterocycles. The van der Waals surface area contributed by atoms with E-state index in [2.05, 4.69) is 48.0 Å². The number of hydrogen-bond acceptors (Lipinski definition) is 6. The van der Waals surface area contributed by atoms with Crippen molar-refractivity contribution >= 4 is 0 Å². The van der Waals surface area contributed by atoms with Gasteiger partial charge in [0.05, 0.1) is 14.2 Å². The van der Waals surface area contributed by atoms with Gasteiger partial charge in [-0.2, -0.15) is 9.97 Å². The molecule has 114 valence electrons. The van der Waals surface area contributed by atoms with Crippen LogP contribution >= 0.6 is 0 Å². The summed E-state index contributed by atoms with van der Waals surface area (Å²) in [7, 11) is 3.07. The summed E-state index contributed by atoms with van der Waals surface area (Å²) in [5.41, 5.74) is 0.113. The molecular weight excluding hydrogens is 256 g/mol. The Hall–Kier alpha value is -1.43. The van der Waals surface area contributed by atoms with E-state index in [0.717, 1.165) is 13.0 Å². The Kier molecular flexibility index (Phi) is 6.13. The third-order valence-electron chi connectivity index (χ3n) is 3.08. The maximum Gasteiger partial charge on any atom is 0.322 e. The van der Waals surface area contributed by atoms with Crippen molar-refractivity contribution < 1.29 is 9.47 Å². The highest BCUT2D eigenvalue weighted by molar-refractivity contribution is 5.07. The Morgan fingerprint density at radius 1 is 1.05 bits per heavy atom. The van der Waals surface area contributed by atoms with Gasteiger partial charge in [-0.25, -0.2) is 0 Å². The van der Waals surface area contributed by atoms with Crippen LogP contribution in [0.15, 0.2) is 0 Å². The molecule has 1 atom stereocenters. The maximum absolute atomic E-state index is 5.08. The highest BCUT2D eigenvalue weighted by Crippen LogP contribution is 2.22. The van der Waals surface area contributed by atoms with Crippen LogP contribution < -0.4 is 14.8 Å². The SMILES string of the molecule is CCCNC(Cc1nc(OC)nc(OC)n1)C(C)(C)C. The van der Waals surface area contributed by atoms with Gasteiger partial charge in [0.25, 0.3) is 0 Å². The van der Waals surface area contributed by atoms with Gasteiger partial charge < -0.3 is 14.8 Å². The van der Waals surface area contributed by atoms with Crippen LogP contribution in [0, 0.1) is 5.41 Å². The van der Waals surface area contributed by atoms with E-state index < -0.39 is 0 Å². The number of methoxy groups -OCH3 is 2. The molecule has 0 aliphatic rings. The maximum atomic E-state index is 5.08. The van der Waals surface area contributed by atoms with E-state index >= 15 is 0 Å². The molecule has 1 aromatic rings. The minimum Gasteiger partial charge on any atom is -0.467 e. The summed E-state index contributed by atoms with van der Waals surface area (Å²) < 4.78 is 10.2. The molecule has 0 aromatic carbocycles. The van der Waals surface area contributed by atoms with E-state index in [0.29, 0.717) is 12.2 Å². The molecule has 6 nitrogen and oxygen atoms in total. The normalized spacial score (nSPS) is 13.1. The minimum absolute atomic E-state index is 0.113. The summed E-state index contributed by atoms with van der Waals surface area (Å²) >= 11 is 0. The van der Waals surface area contributed by atoms with Crippen LogP contribution in [-0.2, 0) is 6.42 Å². The Labute approximate surface area is 121 Å². The second kappa shape index (κ2) is 7.38. The van der Waals surface area contributed by atoms with Gasteiger partial charge in [0.1, 0.15) is 5.82 Å². The Morgan fingerprint density at radius 3 is 2.00 bits per heavy atom. The highest BCUT2D eigenvalue weighted by Gasteiger charge is 2.25. The quantitative estimate of drug-likeness (QED) is 0.823. The van der Waals surface area contributed by atoms with Crippen molar-refractivity contribution in [2.24, 2.45) is 5.41 Å². The second-order valence-corrected chi connectivity index (χ2v) is 5.80. The molecule has 6 heteroatoms. The zero-order valence-electron chi connectivity index (χ0n) is 13.4. The lowest BCUT2D eigenvalue weighted by atomic mass is 9.84. The first-order chi connectivity index (χ1) is 9.40. The lowest BCUT2D eigenvalue weighted by Crippen LogP contribution is -2.42. The number of hydrogen-bond donors (Lipinski definition) is 1. The van der Waals surface area contributed by atoms with Gasteiger partial charge in [0, 0.05) is 12.5 Å². The second-order valence-electron chi connectivity index (χ2n) is 5.80. The van der Waals surface area contributed by atoms with Crippen LogP contribution in [0.1, 0.15) is 39.9 Å². The first-order valence-electron chi connectivity index (χ1n) is 6.97. The van der Waals surface area contributed by atoms with Crippen LogP contribution in [0.5, 0.6) is 12.0 Å². The first kappa shape index (κ1) is 16.6. The summed E-state index contributed by atoms with van der Waals surface area (Å²) in [6.45, 7) is 9.74. The summed E-state index contributed by atoms with van der Waals surface area (Å²) in [5.74, 6) is 0.678. The van der Waals surface area contributed by atoms with Gasteiger partial charge in [0.2, 0.25) is 0 Å². The van der Waals surface area contributed by atoms with Crippen molar-refractivity contribution in [1.82, 2.24) is 20.3 Å². The molecule has 0 amide bonds. The molecule has 0 fully saturated rings. The van der Waals surface area contributed by atoms with E-state index in [1.807, 2.05) is 0 Å². The molecule has 20 heavy (non-hydrogen) atoms. The fraction of sp³-hybridized carbons (Fsp3) is 0.786. The standard InChI is InChI=1S/C14H26N4O2/c1-7-8-15-10(14(2,3)4)9-11-16-12(19-5)18-13(17-11)20-6/h10,15H,7-9H2,1-6H3. The van der Waals surface area contributed by atoms with Gasteiger partial charge in [-0.1, -0.05) is 27.7 Å². The van der Waals surface area contributed by atoms with Gasteiger partial charge >= 0.3 is 12.0 Å². The summed E-state index contributed by atoms with van der Waals surface area (Å²) in [5, 5.41) is 3.55. The number of aromatic nitrogens is 3. The van der Waals surface area contributed by atoms with E-state index in [-0.39, 0.29) is 23.5 Å². The van der Waals surface area contributed by atoms with E-state index in [1.54, 1.807) is 0 Å². The summed E-state index contributed by atoms with van der Waals surface area (Å²) in [6.07, 6.45) is 1.80. The Balaban J connectivity index is 2.92. The van der Waals surface area contributed by atoms with Crippen molar-refractivity contribution in [2.45, 2.75) is 46.6 Å². The fourth-order valence-corrected chi connectivity index (χ4v) is 1.84. The Morgan fingerprint density at radius 2 is 1.60 bits per heavy atom. The molecule has 0 spiro atoms. The molecule has 1 rings (SSSR count). The summed E-state index contributed by atoms with van der Waals surface area (Å²) in [4.78, 5) is 12.6. The first-order valence-corrected chi connectivity index (χ1v) is 6.97. The lowest BCUT2D eigenvalue weighted by Gasteiger charge is -2.31. The number of ether oxygens (including phenoxy) is 2. The largest absolute Gasteiger partial charge is 0.467 e. The third-order valence-corrected chi connectivity index (χ3v) is 3.08. The molecule has 0 saturated carbocycles. The highest BCUT2D eigenvalue weighted by atomic mass is 16.5. The van der Waals surface area contributed by atoms with Crippen molar-refractivity contribution in [2.75, 3.05) is 20.8 Å². The van der Waals surface area contributed by atoms with Gasteiger partial charge in [-0.05, 0) is 18.4 Å². The number of nitrogens with zero attached hydrogens (tertiary/aromatic N) is 3. The van der Waals surface area contributed by atoms with Gasteiger partial charge in [-0.15, -0.1) is 4.98 Å². The topological polar surface area (TPSA) is 69.2 Å². The smallest absolute Gasteiger partial charge is 0.322 e. The fourth-order valence-electron chi connectivity index (χ4n) is 1.84. The molecule has 1 N–H and O–H groups in total. The average molecular weight is 282 g/mol. The monoisotopic (exact) mass is 282 g/mol. The van der Waals surface area contributed by atoms with Crippen LogP contribution in [0.3, 0.4) is 0 Å². The van der Waals surface area contributed by atoms with Crippen molar-refractivity contribution in [3.05, 3.63) is 5.82 Å². The predicted octanol–water partition coefficient (Wildman–Crippen LogP) is 1.85. The van der Waals surface area contributed by atoms with Crippen LogP contribution in [-0.4, -0.2) is 41.8 Å². The van der Waals surface area contributed by atoms with Crippen molar-refractivity contribution in [3.63, 3.8) is 0 Å². The third kappa shape index (κ3) is 4.92. The van der Waals surface area contributed by atoms with E-state index in [1.165, 1.54) is 14.2 Å². The molecule has 1 aromatic heterocycles. The van der Waals surface area contributed by atoms with Crippen LogP contribution in [0.25, 0.3) is 0 Å². The minimum atomic E-state index is 0.113. The average Bonchev–Trinajstić information content (AvgIpc) is 2.41. The molecule has 0 aliphatic heterocycles. The number of rotatable bonds is 7. The molecule has 0 bridgehead atoms. The van der Waals surface area contributed by atoms with Crippen LogP contribution in [0.2, 0.25) is 0 Å². The van der Waals surface area contributed by atoms with E-state index in [4.69, 9.17) is 9.47 Å². The van der Waals surface area contributed by atoms with Gasteiger partial charge in [0.15, 0.2) is 0 Å². The number of nitrogens with one attached hydrogen (secondary N) is 1. The predicted molar refractivity (Wildman–Crippen MR) is 78.2 cm³/mol. The zero-order chi connectivity index (χ0) is 15.2.